The number of fused-ring (bicyclic) bond motifs is 1. The average Bonchev–Trinajstić information content (AvgIpc) is 3.63. The first-order valence-corrected chi connectivity index (χ1v) is 17.4. The van der Waals surface area contributed by atoms with E-state index in [1.807, 2.05) is 53.6 Å². The van der Waals surface area contributed by atoms with E-state index >= 15 is 0 Å². The van der Waals surface area contributed by atoms with Gasteiger partial charge in [0, 0.05) is 30.2 Å². The third-order valence-corrected chi connectivity index (χ3v) is 9.29. The van der Waals surface area contributed by atoms with E-state index in [9.17, 15) is 24.6 Å². The zero-order valence-electron chi connectivity index (χ0n) is 29.1. The second kappa shape index (κ2) is 19.1. The van der Waals surface area contributed by atoms with Crippen molar-refractivity contribution in [3.63, 3.8) is 0 Å². The van der Waals surface area contributed by atoms with Crippen molar-refractivity contribution in [2.45, 2.75) is 128 Å². The van der Waals surface area contributed by atoms with Gasteiger partial charge in [-0.1, -0.05) is 27.7 Å². The van der Waals surface area contributed by atoms with E-state index < -0.39 is 67.9 Å². The molecule has 3 heterocycles. The minimum atomic E-state index is -4.89. The molecule has 0 spiro atoms. The quantitative estimate of drug-likeness (QED) is 0.0784. The number of carbonyl (C=O) groups is 3. The minimum Gasteiger partial charge on any atom is -0.756 e. The molecule has 13 atom stereocenters. The van der Waals surface area contributed by atoms with Crippen LogP contribution >= 0.6 is 7.82 Å². The van der Waals surface area contributed by atoms with Gasteiger partial charge < -0.3 is 53.5 Å². The molecule has 3 rings (SSSR count). The molecule has 0 aromatic rings. The predicted octanol–water partition coefficient (Wildman–Crippen LogP) is -1.89. The molecule has 0 amide bonds. The Morgan fingerprint density at radius 1 is 1.13 bits per heavy atom. The number of epoxide rings is 1. The Balaban J connectivity index is 0.00000171. The van der Waals surface area contributed by atoms with Gasteiger partial charge >= 0.3 is 35.5 Å². The van der Waals surface area contributed by atoms with Crippen molar-refractivity contribution >= 4 is 25.9 Å². The largest absolute Gasteiger partial charge is 1.00 e. The Labute approximate surface area is 300 Å². The van der Waals surface area contributed by atoms with Gasteiger partial charge in [-0.25, -0.2) is 0 Å². The van der Waals surface area contributed by atoms with Crippen LogP contribution in [0.1, 0.15) is 73.6 Å². The third-order valence-electron chi connectivity index (χ3n) is 9.29. The molecule has 0 aromatic carbocycles. The second-order valence-corrected chi connectivity index (χ2v) is 14.3. The molecule has 0 saturated carbocycles. The molecule has 0 aromatic heterocycles. The number of hydrogen-bond acceptors (Lipinski definition) is 12. The maximum Gasteiger partial charge on any atom is 1.00 e. The summed E-state index contributed by atoms with van der Waals surface area (Å²) >= 11 is 0. The first-order valence-electron chi connectivity index (χ1n) is 15.9. The summed E-state index contributed by atoms with van der Waals surface area (Å²) in [5.41, 5.74) is -0.637. The summed E-state index contributed by atoms with van der Waals surface area (Å²) in [5.74, 6) is -2.32. The first kappa shape index (κ1) is 44.4. The molecule has 16 heteroatoms. The summed E-state index contributed by atoms with van der Waals surface area (Å²) in [6, 6.07) is -0.219. The van der Waals surface area contributed by atoms with Crippen LogP contribution in [0.15, 0.2) is 12.2 Å². The van der Waals surface area contributed by atoms with Crippen molar-refractivity contribution in [1.29, 1.82) is 0 Å². The molecule has 47 heavy (non-hydrogen) atoms. The van der Waals surface area contributed by atoms with Crippen LogP contribution in [0.2, 0.25) is 0 Å². The van der Waals surface area contributed by atoms with Crippen molar-refractivity contribution in [1.82, 2.24) is 4.90 Å². The number of ether oxygens (including phenoxy) is 4. The smallest absolute Gasteiger partial charge is 0.756 e. The van der Waals surface area contributed by atoms with Crippen LogP contribution in [0.5, 0.6) is 0 Å². The number of nitrogens with zero attached hydrogens (tertiary/aromatic N) is 1. The topological polar surface area (TPSA) is 216 Å². The number of aliphatic hydroxyl groups excluding tert-OH is 2. The van der Waals surface area contributed by atoms with Gasteiger partial charge in [-0.2, -0.15) is 0 Å². The van der Waals surface area contributed by atoms with E-state index in [-0.39, 0.29) is 72.3 Å². The fraction of sp³-hybridized carbons (Fsp3) is 0.839. The summed E-state index contributed by atoms with van der Waals surface area (Å²) in [6.07, 6.45) is 0.627. The zero-order chi connectivity index (χ0) is 35.1. The SMILES string of the molecule is CCC1OC(=O)CC(O)C(C)C(OC2OC(C)CC(N(C)C)C2O)C(CC=O)CC(C)C(=O)/C=C/C2(C)OC2C1C.O=P([O-])(O)O.[Na+]. The number of cyclic esters (lactones) is 1. The Hall–Kier alpha value is -0.580. The summed E-state index contributed by atoms with van der Waals surface area (Å²) in [4.78, 5) is 62.9. The van der Waals surface area contributed by atoms with Gasteiger partial charge in [0.05, 0.1) is 30.8 Å². The van der Waals surface area contributed by atoms with E-state index in [1.165, 1.54) is 0 Å². The van der Waals surface area contributed by atoms with E-state index in [2.05, 4.69) is 0 Å². The first-order chi connectivity index (χ1) is 21.2. The van der Waals surface area contributed by atoms with Gasteiger partial charge in [-0.15, -0.1) is 0 Å². The van der Waals surface area contributed by atoms with Gasteiger partial charge in [-0.3, -0.25) is 14.2 Å². The fourth-order valence-electron chi connectivity index (χ4n) is 6.50. The second-order valence-electron chi connectivity index (χ2n) is 13.3. The number of rotatable bonds is 6. The molecular weight excluding hydrogens is 648 g/mol. The van der Waals surface area contributed by atoms with Gasteiger partial charge in [0.1, 0.15) is 24.1 Å². The standard InChI is InChI=1S/C31H51NO9.Na.H3O4P/c1-9-25-20(5)29-31(6,41-29)12-10-23(34)17(2)14-21(11-13-33)28(19(4)24(35)16-26(36)39-25)40-30-27(37)22(32(7)8)15-18(3)38-30;;1-5(2,3)4/h10,12-13,17-22,24-25,27-30,35,37H,9,11,14-16H2,1-8H3;;(H3,1,2,3,4)/q;+1;/p-1/b12-10+;;. The maximum absolute atomic E-state index is 13.2. The molecule has 0 bridgehead atoms. The summed E-state index contributed by atoms with van der Waals surface area (Å²) in [6.45, 7) is 11.3. The van der Waals surface area contributed by atoms with Gasteiger partial charge in [-0.05, 0) is 65.3 Å². The molecule has 3 aliphatic rings. The number of esters is 1. The number of likely N-dealkylation sites (N-methyl/N-ethyl adjacent to an activating group) is 1. The van der Waals surface area contributed by atoms with E-state index in [0.717, 1.165) is 6.29 Å². The minimum absolute atomic E-state index is 0. The average molecular weight is 702 g/mol. The number of hydrogen-bond donors (Lipinski definition) is 4. The summed E-state index contributed by atoms with van der Waals surface area (Å²) < 4.78 is 33.0. The molecule has 2 fully saturated rings. The summed E-state index contributed by atoms with van der Waals surface area (Å²) in [7, 11) is -1.13. The van der Waals surface area contributed by atoms with Gasteiger partial charge in [0.15, 0.2) is 12.1 Å². The Kier molecular flexibility index (Phi) is 18.1. The number of ketones is 1. The van der Waals surface area contributed by atoms with Crippen LogP contribution in [-0.4, -0.2) is 112 Å². The van der Waals surface area contributed by atoms with Gasteiger partial charge in [0.2, 0.25) is 0 Å². The predicted molar refractivity (Wildman–Crippen MR) is 164 cm³/mol. The van der Waals surface area contributed by atoms with E-state index in [4.69, 9.17) is 38.2 Å². The molecule has 0 radical (unpaired) electrons. The monoisotopic (exact) mass is 701 g/mol. The van der Waals surface area contributed by atoms with Crippen molar-refractivity contribution in [2.75, 3.05) is 14.1 Å². The number of aldehydes is 1. The van der Waals surface area contributed by atoms with Crippen LogP contribution < -0.4 is 34.5 Å². The normalized spacial score (nSPS) is 41.0. The van der Waals surface area contributed by atoms with Crippen LogP contribution in [0.25, 0.3) is 0 Å². The van der Waals surface area contributed by atoms with Crippen LogP contribution in [-0.2, 0) is 37.9 Å². The molecule has 2 saturated heterocycles. The number of carbonyl (C=O) groups excluding carboxylic acids is 3. The molecule has 13 unspecified atom stereocenters. The van der Waals surface area contributed by atoms with E-state index in [1.54, 1.807) is 19.1 Å². The Morgan fingerprint density at radius 2 is 1.72 bits per heavy atom. The number of allylic oxidation sites excluding steroid dienone is 1. The molecule has 266 valence electrons. The Bertz CT molecular complexity index is 1100. The van der Waals surface area contributed by atoms with Crippen LogP contribution in [0, 0.1) is 23.7 Å². The number of phosphoric acid groups is 1. The van der Waals surface area contributed by atoms with Gasteiger partial charge in [0.25, 0.3) is 7.82 Å². The van der Waals surface area contributed by atoms with Crippen LogP contribution in [0.4, 0.5) is 0 Å². The van der Waals surface area contributed by atoms with Crippen LogP contribution in [0.3, 0.4) is 0 Å². The summed E-state index contributed by atoms with van der Waals surface area (Å²) in [5, 5.41) is 22.4. The Morgan fingerprint density at radius 3 is 2.26 bits per heavy atom. The third kappa shape index (κ3) is 13.6. The zero-order valence-corrected chi connectivity index (χ0v) is 31.9. The molecule has 0 aliphatic carbocycles. The van der Waals surface area contributed by atoms with E-state index in [0.29, 0.717) is 19.3 Å². The number of aliphatic hydroxyl groups is 2. The van der Waals surface area contributed by atoms with Crippen molar-refractivity contribution in [3.8, 4) is 0 Å². The maximum atomic E-state index is 13.2. The van der Waals surface area contributed by atoms with Crippen molar-refractivity contribution < 1.29 is 92.3 Å². The fourth-order valence-corrected chi connectivity index (χ4v) is 6.50. The molecule has 14 nitrogen and oxygen atoms in total. The van der Waals surface area contributed by atoms with Crippen molar-refractivity contribution in [2.24, 2.45) is 23.7 Å². The van der Waals surface area contributed by atoms with Crippen molar-refractivity contribution in [3.05, 3.63) is 12.2 Å². The molecule has 3 aliphatic heterocycles. The molecule has 4 N–H and O–H groups in total. The molecular formula is C31H53NNaO13P.